The van der Waals surface area contributed by atoms with E-state index in [0.29, 0.717) is 0 Å². The van der Waals surface area contributed by atoms with Crippen LogP contribution in [-0.2, 0) is 4.74 Å². The van der Waals surface area contributed by atoms with Crippen molar-refractivity contribution in [2.24, 2.45) is 0 Å². The second-order valence-electron chi connectivity index (χ2n) is 3.75. The number of nitrogen functional groups attached to an aromatic ring is 1. The Morgan fingerprint density at radius 1 is 1.53 bits per heavy atom. The topological polar surface area (TPSA) is 90.4 Å². The summed E-state index contributed by atoms with van der Waals surface area (Å²) in [7, 11) is 0. The average Bonchev–Trinajstić information content (AvgIpc) is 2.32. The van der Waals surface area contributed by atoms with Crippen LogP contribution in [0.1, 0.15) is 32.9 Å². The third-order valence-corrected chi connectivity index (χ3v) is 2.58. The molecule has 0 unspecified atom stereocenters. The number of aromatic nitrogens is 2. The van der Waals surface area contributed by atoms with Gasteiger partial charge < -0.3 is 15.6 Å². The van der Waals surface area contributed by atoms with E-state index in [1.165, 1.54) is 16.8 Å². The summed E-state index contributed by atoms with van der Waals surface area (Å²) in [6, 6.07) is 1.50. The maximum atomic E-state index is 11.6. The largest absolute Gasteiger partial charge is 0.392 e. The van der Waals surface area contributed by atoms with Gasteiger partial charge in [0.05, 0.1) is 12.7 Å². The monoisotopic (exact) mass is 241 g/mol. The Morgan fingerprint density at radius 3 is 2.65 bits per heavy atom. The zero-order valence-electron chi connectivity index (χ0n) is 10.2. The Morgan fingerprint density at radius 2 is 2.18 bits per heavy atom. The van der Waals surface area contributed by atoms with Crippen LogP contribution in [0.3, 0.4) is 0 Å². The number of nitrogens with zero attached hydrogens (tertiary/aromatic N) is 2. The van der Waals surface area contributed by atoms with Crippen molar-refractivity contribution in [2.45, 2.75) is 39.0 Å². The highest BCUT2D eigenvalue weighted by Crippen LogP contribution is 2.13. The van der Waals surface area contributed by atoms with Gasteiger partial charge in [-0.2, -0.15) is 4.98 Å². The fourth-order valence-electron chi connectivity index (χ4n) is 1.54. The molecule has 1 rings (SSSR count). The quantitative estimate of drug-likeness (QED) is 0.757. The third-order valence-electron chi connectivity index (χ3n) is 2.58. The summed E-state index contributed by atoms with van der Waals surface area (Å²) in [5.74, 6) is 0.158. The van der Waals surface area contributed by atoms with Crippen molar-refractivity contribution in [1.82, 2.24) is 9.55 Å². The Bertz CT molecular complexity index is 401. The summed E-state index contributed by atoms with van der Waals surface area (Å²) in [4.78, 5) is 15.2. The van der Waals surface area contributed by atoms with Crippen molar-refractivity contribution in [3.8, 4) is 0 Å². The molecule has 0 aliphatic carbocycles. The second kappa shape index (κ2) is 6.36. The molecule has 0 radical (unpaired) electrons. The van der Waals surface area contributed by atoms with E-state index in [2.05, 4.69) is 4.98 Å². The minimum atomic E-state index is -0.708. The predicted octanol–water partition coefficient (Wildman–Crippen LogP) is 0.522. The normalized spacial score (nSPS) is 12.9. The maximum absolute atomic E-state index is 11.6. The Kier molecular flexibility index (Phi) is 5.11. The summed E-state index contributed by atoms with van der Waals surface area (Å²) in [5.41, 5.74) is 4.88. The van der Waals surface area contributed by atoms with Crippen LogP contribution >= 0.6 is 0 Å². The lowest BCUT2D eigenvalue weighted by atomic mass is 10.2. The molecule has 1 aromatic heterocycles. The lowest BCUT2D eigenvalue weighted by Crippen LogP contribution is -2.32. The minimum absolute atomic E-state index is 0.0107. The van der Waals surface area contributed by atoms with Crippen molar-refractivity contribution in [3.63, 3.8) is 0 Å². The highest BCUT2D eigenvalue weighted by molar-refractivity contribution is 5.23. The van der Waals surface area contributed by atoms with E-state index >= 15 is 0 Å². The molecule has 1 aromatic rings. The molecule has 0 saturated heterocycles. The molecule has 1 atom stereocenters. The zero-order valence-corrected chi connectivity index (χ0v) is 10.2. The van der Waals surface area contributed by atoms with Gasteiger partial charge in [0.2, 0.25) is 0 Å². The second-order valence-corrected chi connectivity index (χ2v) is 3.75. The average molecular weight is 241 g/mol. The van der Waals surface area contributed by atoms with E-state index in [4.69, 9.17) is 10.5 Å². The van der Waals surface area contributed by atoms with Gasteiger partial charge in [-0.15, -0.1) is 0 Å². The molecular formula is C11H19N3O3. The van der Waals surface area contributed by atoms with E-state index in [9.17, 15) is 9.90 Å². The van der Waals surface area contributed by atoms with Crippen LogP contribution in [-0.4, -0.2) is 27.4 Å². The molecule has 96 valence electrons. The smallest absolute Gasteiger partial charge is 0.351 e. The van der Waals surface area contributed by atoms with Crippen LogP contribution < -0.4 is 11.4 Å². The lowest BCUT2D eigenvalue weighted by molar-refractivity contribution is -0.0844. The van der Waals surface area contributed by atoms with Gasteiger partial charge in [-0.1, -0.05) is 13.8 Å². The first-order valence-electron chi connectivity index (χ1n) is 5.73. The van der Waals surface area contributed by atoms with Crippen LogP contribution in [0.25, 0.3) is 0 Å². The van der Waals surface area contributed by atoms with Gasteiger partial charge in [-0.05, 0) is 18.9 Å². The van der Waals surface area contributed by atoms with Crippen LogP contribution in [0.2, 0.25) is 0 Å². The molecule has 17 heavy (non-hydrogen) atoms. The van der Waals surface area contributed by atoms with Crippen LogP contribution in [0.5, 0.6) is 0 Å². The summed E-state index contributed by atoms with van der Waals surface area (Å²) in [6.07, 6.45) is 2.43. The zero-order chi connectivity index (χ0) is 12.8. The molecule has 0 spiro atoms. The fourth-order valence-corrected chi connectivity index (χ4v) is 1.54. The van der Waals surface area contributed by atoms with Crippen molar-refractivity contribution in [1.29, 1.82) is 0 Å². The molecule has 6 nitrogen and oxygen atoms in total. The number of aliphatic hydroxyl groups is 1. The standard InChI is InChI=1S/C11H19N3O3/c1-3-8(4-2)17-10(7-15)14-6-5-9(12)13-11(14)16/h5-6,8,10,15H,3-4,7H2,1-2H3,(H2,12,13,16)/t10-/m1/s1. The van der Waals surface area contributed by atoms with Crippen LogP contribution in [0.4, 0.5) is 5.82 Å². The van der Waals surface area contributed by atoms with Gasteiger partial charge in [-0.3, -0.25) is 4.57 Å². The summed E-state index contributed by atoms with van der Waals surface area (Å²) >= 11 is 0. The van der Waals surface area contributed by atoms with Crippen molar-refractivity contribution >= 4 is 5.82 Å². The highest BCUT2D eigenvalue weighted by Gasteiger charge is 2.16. The molecule has 0 saturated carbocycles. The van der Waals surface area contributed by atoms with Crippen molar-refractivity contribution < 1.29 is 9.84 Å². The van der Waals surface area contributed by atoms with Crippen LogP contribution in [0, 0.1) is 0 Å². The third kappa shape index (κ3) is 3.54. The predicted molar refractivity (Wildman–Crippen MR) is 64.5 cm³/mol. The van der Waals surface area contributed by atoms with Crippen molar-refractivity contribution in [2.75, 3.05) is 12.3 Å². The number of hydrogen-bond acceptors (Lipinski definition) is 5. The number of rotatable bonds is 6. The SMILES string of the molecule is CCC(CC)O[C@H](CO)n1ccc(N)nc1=O. The minimum Gasteiger partial charge on any atom is -0.392 e. The summed E-state index contributed by atoms with van der Waals surface area (Å²) < 4.78 is 6.88. The highest BCUT2D eigenvalue weighted by atomic mass is 16.5. The molecule has 0 aliphatic heterocycles. The first-order valence-corrected chi connectivity index (χ1v) is 5.73. The number of aliphatic hydroxyl groups excluding tert-OH is 1. The first-order chi connectivity index (χ1) is 8.12. The molecule has 0 aromatic carbocycles. The summed E-state index contributed by atoms with van der Waals surface area (Å²) in [6.45, 7) is 3.71. The molecule has 0 amide bonds. The molecule has 3 N–H and O–H groups in total. The number of anilines is 1. The fraction of sp³-hybridized carbons (Fsp3) is 0.636. The number of ether oxygens (including phenoxy) is 1. The van der Waals surface area contributed by atoms with E-state index in [0.717, 1.165) is 12.8 Å². The Balaban J connectivity index is 2.89. The number of nitrogens with two attached hydrogens (primary N) is 1. The van der Waals surface area contributed by atoms with Gasteiger partial charge in [0.15, 0.2) is 6.23 Å². The maximum Gasteiger partial charge on any atom is 0.351 e. The molecule has 0 fully saturated rings. The van der Waals surface area contributed by atoms with E-state index in [1.54, 1.807) is 0 Å². The lowest BCUT2D eigenvalue weighted by Gasteiger charge is -2.23. The Hall–Kier alpha value is -1.40. The van der Waals surface area contributed by atoms with Gasteiger partial charge in [0.25, 0.3) is 0 Å². The molecule has 1 heterocycles. The number of hydrogen-bond donors (Lipinski definition) is 2. The molecule has 6 heteroatoms. The molecule has 0 aliphatic rings. The van der Waals surface area contributed by atoms with Gasteiger partial charge in [0, 0.05) is 6.20 Å². The molecule has 0 bridgehead atoms. The molecular weight excluding hydrogens is 222 g/mol. The van der Waals surface area contributed by atoms with Crippen LogP contribution in [0.15, 0.2) is 17.1 Å². The van der Waals surface area contributed by atoms with Gasteiger partial charge in [0.1, 0.15) is 5.82 Å². The van der Waals surface area contributed by atoms with Gasteiger partial charge >= 0.3 is 5.69 Å². The van der Waals surface area contributed by atoms with E-state index in [1.807, 2.05) is 13.8 Å². The van der Waals surface area contributed by atoms with Gasteiger partial charge in [-0.25, -0.2) is 4.79 Å². The Labute approximate surface area is 100 Å². The van der Waals surface area contributed by atoms with Crippen molar-refractivity contribution in [3.05, 3.63) is 22.7 Å². The van der Waals surface area contributed by atoms with E-state index < -0.39 is 11.9 Å². The first kappa shape index (κ1) is 13.7. The van der Waals surface area contributed by atoms with E-state index in [-0.39, 0.29) is 18.5 Å². The summed E-state index contributed by atoms with van der Waals surface area (Å²) in [5, 5.41) is 9.27.